The number of guanidine groups is 1. The number of benzene rings is 2. The Kier molecular flexibility index (Phi) is 4.35. The number of aromatic nitrogens is 2. The van der Waals surface area contributed by atoms with Gasteiger partial charge in [-0.2, -0.15) is 0 Å². The summed E-state index contributed by atoms with van der Waals surface area (Å²) >= 11 is 0. The highest BCUT2D eigenvalue weighted by atomic mass is 16.3. The van der Waals surface area contributed by atoms with Crippen LogP contribution in [0.1, 0.15) is 28.6 Å². The lowest BCUT2D eigenvalue weighted by atomic mass is 10.1. The Morgan fingerprint density at radius 3 is 2.50 bits per heavy atom. The lowest BCUT2D eigenvalue weighted by Gasteiger charge is -2.27. The Morgan fingerprint density at radius 1 is 1.04 bits per heavy atom. The summed E-state index contributed by atoms with van der Waals surface area (Å²) in [7, 11) is 0. The molecule has 2 aromatic carbocycles. The molecule has 142 valence electrons. The Bertz CT molecular complexity index is 1130. The normalized spacial score (nSPS) is 15.4. The van der Waals surface area contributed by atoms with Crippen molar-refractivity contribution in [3.63, 3.8) is 0 Å². The summed E-state index contributed by atoms with van der Waals surface area (Å²) in [5, 5.41) is 16.0. The number of hydrogen-bond donors (Lipinski definition) is 3. The minimum Gasteiger partial charge on any atom is -0.508 e. The van der Waals surface area contributed by atoms with Gasteiger partial charge in [-0.3, -0.25) is 14.7 Å². The summed E-state index contributed by atoms with van der Waals surface area (Å²) in [4.78, 5) is 21.8. The van der Waals surface area contributed by atoms with E-state index in [0.717, 1.165) is 11.3 Å². The molecule has 1 aliphatic rings. The average Bonchev–Trinajstić information content (AvgIpc) is 2.64. The lowest BCUT2D eigenvalue weighted by Crippen LogP contribution is -2.37. The molecule has 0 spiro atoms. The second-order valence-corrected chi connectivity index (χ2v) is 6.92. The first-order valence-electron chi connectivity index (χ1n) is 8.99. The predicted molar refractivity (Wildman–Crippen MR) is 110 cm³/mol. The van der Waals surface area contributed by atoms with E-state index in [1.54, 1.807) is 31.2 Å². The third-order valence-corrected chi connectivity index (χ3v) is 4.77. The molecule has 3 aromatic rings. The van der Waals surface area contributed by atoms with Crippen molar-refractivity contribution in [2.75, 3.05) is 10.6 Å². The van der Waals surface area contributed by atoms with Crippen molar-refractivity contribution >= 4 is 17.6 Å². The SMILES string of the molecule is Cc1cc(=O)n2c(n1)NC(Nc1ccc(C)c(C)c1)=N[C@@H]2c1ccc(O)cc1. The van der Waals surface area contributed by atoms with Gasteiger partial charge in [-0.1, -0.05) is 18.2 Å². The van der Waals surface area contributed by atoms with Gasteiger partial charge in [-0.05, 0) is 61.7 Å². The summed E-state index contributed by atoms with van der Waals surface area (Å²) in [6, 6.07) is 14.2. The standard InChI is InChI=1S/C21H21N5O2/c1-12-4-7-16(10-13(12)2)23-20-24-19(15-5-8-17(27)9-6-15)26-18(28)11-14(3)22-21(26)25-20/h4-11,19,27H,1-3H3,(H2,22,23,24,25)/t19-/m0/s1. The lowest BCUT2D eigenvalue weighted by molar-refractivity contribution is 0.474. The fourth-order valence-corrected chi connectivity index (χ4v) is 3.14. The summed E-state index contributed by atoms with van der Waals surface area (Å²) in [6.45, 7) is 5.89. The van der Waals surface area contributed by atoms with Gasteiger partial charge < -0.3 is 10.4 Å². The van der Waals surface area contributed by atoms with Crippen molar-refractivity contribution in [2.24, 2.45) is 4.99 Å². The van der Waals surface area contributed by atoms with E-state index in [9.17, 15) is 9.90 Å². The van der Waals surface area contributed by atoms with Crippen molar-refractivity contribution in [2.45, 2.75) is 26.9 Å². The summed E-state index contributed by atoms with van der Waals surface area (Å²) in [5.41, 5.74) is 4.47. The van der Waals surface area contributed by atoms with Gasteiger partial charge >= 0.3 is 0 Å². The third-order valence-electron chi connectivity index (χ3n) is 4.77. The van der Waals surface area contributed by atoms with Crippen molar-refractivity contribution in [1.29, 1.82) is 0 Å². The van der Waals surface area contributed by atoms with Gasteiger partial charge in [0.25, 0.3) is 5.56 Å². The number of fused-ring (bicyclic) bond motifs is 1. The largest absolute Gasteiger partial charge is 0.508 e. The second kappa shape index (κ2) is 6.84. The van der Waals surface area contributed by atoms with Gasteiger partial charge in [0.1, 0.15) is 5.75 Å². The molecule has 0 amide bonds. The van der Waals surface area contributed by atoms with Gasteiger partial charge in [0.2, 0.25) is 11.9 Å². The van der Waals surface area contributed by atoms with Gasteiger partial charge in [-0.15, -0.1) is 0 Å². The van der Waals surface area contributed by atoms with Crippen LogP contribution in [-0.2, 0) is 0 Å². The van der Waals surface area contributed by atoms with Gasteiger partial charge in [0.15, 0.2) is 6.17 Å². The zero-order chi connectivity index (χ0) is 19.8. The van der Waals surface area contributed by atoms with Gasteiger partial charge in [0.05, 0.1) is 0 Å². The first kappa shape index (κ1) is 17.8. The molecule has 0 radical (unpaired) electrons. The summed E-state index contributed by atoms with van der Waals surface area (Å²) < 4.78 is 1.50. The van der Waals surface area contributed by atoms with Crippen LogP contribution in [0.25, 0.3) is 0 Å². The van der Waals surface area contributed by atoms with E-state index in [0.29, 0.717) is 17.6 Å². The maximum absolute atomic E-state index is 12.6. The maximum Gasteiger partial charge on any atom is 0.257 e. The summed E-state index contributed by atoms with van der Waals surface area (Å²) in [6.07, 6.45) is -0.591. The number of anilines is 2. The molecule has 7 nitrogen and oxygen atoms in total. The monoisotopic (exact) mass is 375 g/mol. The molecule has 28 heavy (non-hydrogen) atoms. The first-order chi connectivity index (χ1) is 13.4. The maximum atomic E-state index is 12.6. The second-order valence-electron chi connectivity index (χ2n) is 6.92. The van der Waals surface area contributed by atoms with E-state index in [4.69, 9.17) is 4.99 Å². The van der Waals surface area contributed by atoms with Crippen LogP contribution in [0, 0.1) is 20.8 Å². The van der Waals surface area contributed by atoms with Crippen LogP contribution in [0.15, 0.2) is 58.3 Å². The number of rotatable bonds is 2. The minimum atomic E-state index is -0.591. The van der Waals surface area contributed by atoms with Crippen LogP contribution in [0.2, 0.25) is 0 Å². The van der Waals surface area contributed by atoms with Crippen molar-refractivity contribution < 1.29 is 5.11 Å². The van der Waals surface area contributed by atoms with Crippen molar-refractivity contribution in [1.82, 2.24) is 9.55 Å². The predicted octanol–water partition coefficient (Wildman–Crippen LogP) is 3.31. The highest BCUT2D eigenvalue weighted by Gasteiger charge is 2.25. The minimum absolute atomic E-state index is 0.157. The molecular formula is C21H21N5O2. The molecule has 0 fully saturated rings. The number of nitrogens with zero attached hydrogens (tertiary/aromatic N) is 3. The molecule has 1 aliphatic heterocycles. The number of phenolic OH excluding ortho intramolecular Hbond substituents is 1. The molecule has 1 atom stereocenters. The van der Waals surface area contributed by atoms with Crippen LogP contribution >= 0.6 is 0 Å². The number of aromatic hydroxyl groups is 1. The zero-order valence-electron chi connectivity index (χ0n) is 15.9. The number of aliphatic imine (C=N–C) groups is 1. The van der Waals surface area contributed by atoms with E-state index in [1.165, 1.54) is 21.8 Å². The fourth-order valence-electron chi connectivity index (χ4n) is 3.14. The van der Waals surface area contributed by atoms with Crippen molar-refractivity contribution in [3.8, 4) is 5.75 Å². The van der Waals surface area contributed by atoms with Crippen LogP contribution in [-0.4, -0.2) is 20.6 Å². The molecule has 7 heteroatoms. The number of aryl methyl sites for hydroxylation is 3. The fraction of sp³-hybridized carbons (Fsp3) is 0.190. The van der Waals surface area contributed by atoms with Crippen molar-refractivity contribution in [3.05, 3.63) is 81.3 Å². The van der Waals surface area contributed by atoms with E-state index >= 15 is 0 Å². The van der Waals surface area contributed by atoms with Crippen LogP contribution < -0.4 is 16.2 Å². The molecule has 4 rings (SSSR count). The number of hydrogen-bond acceptors (Lipinski definition) is 6. The topological polar surface area (TPSA) is 91.5 Å². The van der Waals surface area contributed by atoms with Gasteiger partial charge in [0, 0.05) is 17.4 Å². The molecule has 0 saturated heterocycles. The van der Waals surface area contributed by atoms with Crippen LogP contribution in [0.3, 0.4) is 0 Å². The number of phenols is 1. The molecular weight excluding hydrogens is 354 g/mol. The van der Waals surface area contributed by atoms with Crippen LogP contribution in [0.5, 0.6) is 5.75 Å². The zero-order valence-corrected chi connectivity index (χ0v) is 15.9. The van der Waals surface area contributed by atoms with E-state index in [1.807, 2.05) is 18.2 Å². The molecule has 0 unspecified atom stereocenters. The van der Waals surface area contributed by atoms with E-state index < -0.39 is 6.17 Å². The smallest absolute Gasteiger partial charge is 0.257 e. The highest BCUT2D eigenvalue weighted by molar-refractivity contribution is 6.03. The molecule has 0 aliphatic carbocycles. The molecule has 0 bridgehead atoms. The van der Waals surface area contributed by atoms with Gasteiger partial charge in [-0.25, -0.2) is 9.98 Å². The van der Waals surface area contributed by atoms with E-state index in [2.05, 4.69) is 29.5 Å². The third kappa shape index (κ3) is 3.34. The Morgan fingerprint density at radius 2 is 1.79 bits per heavy atom. The Balaban J connectivity index is 1.78. The first-order valence-corrected chi connectivity index (χ1v) is 8.99. The van der Waals surface area contributed by atoms with Crippen LogP contribution in [0.4, 0.5) is 11.6 Å². The Labute approximate surface area is 162 Å². The quantitative estimate of drug-likeness (QED) is 0.639. The molecule has 3 N–H and O–H groups in total. The highest BCUT2D eigenvalue weighted by Crippen LogP contribution is 2.27. The summed E-state index contributed by atoms with van der Waals surface area (Å²) in [5.74, 6) is 1.08. The Hall–Kier alpha value is -3.61. The molecule has 2 heterocycles. The average molecular weight is 375 g/mol. The molecule has 1 aromatic heterocycles. The number of nitrogens with one attached hydrogen (secondary N) is 2. The molecule has 0 saturated carbocycles. The van der Waals surface area contributed by atoms with E-state index in [-0.39, 0.29) is 11.3 Å².